The average Bonchev–Trinajstić information content (AvgIpc) is 2.96. The molecule has 1 aromatic heterocycles. The number of alkyl halides is 3. The number of nitrogens with one attached hydrogen (secondary N) is 1. The standard InChI is InChI=1S/C15H11F3N2OS/c16-15(17,18)11-4-1-3-10(9-11)12-5-6-13(22-12)14(21)20-8-2-7-19/h1,3-6,9H,2,8H2,(H,20,21). The normalized spacial score (nSPS) is 11.0. The van der Waals surface area contributed by atoms with Crippen molar-refractivity contribution in [3.05, 3.63) is 46.8 Å². The van der Waals surface area contributed by atoms with Gasteiger partial charge in [-0.05, 0) is 29.8 Å². The Morgan fingerprint density at radius 3 is 2.73 bits per heavy atom. The van der Waals surface area contributed by atoms with Gasteiger partial charge in [-0.2, -0.15) is 18.4 Å². The smallest absolute Gasteiger partial charge is 0.350 e. The molecule has 1 N–H and O–H groups in total. The van der Waals surface area contributed by atoms with Crippen molar-refractivity contribution in [3.63, 3.8) is 0 Å². The zero-order chi connectivity index (χ0) is 16.2. The van der Waals surface area contributed by atoms with E-state index in [1.807, 2.05) is 6.07 Å². The molecule has 0 fully saturated rings. The van der Waals surface area contributed by atoms with Crippen molar-refractivity contribution in [1.29, 1.82) is 5.26 Å². The van der Waals surface area contributed by atoms with Crippen LogP contribution in [0.4, 0.5) is 13.2 Å². The number of rotatable bonds is 4. The number of nitriles is 1. The van der Waals surface area contributed by atoms with Gasteiger partial charge in [0.15, 0.2) is 0 Å². The van der Waals surface area contributed by atoms with Gasteiger partial charge in [-0.3, -0.25) is 4.79 Å². The number of benzene rings is 1. The highest BCUT2D eigenvalue weighted by molar-refractivity contribution is 7.17. The molecule has 0 saturated heterocycles. The maximum absolute atomic E-state index is 12.7. The van der Waals surface area contributed by atoms with Crippen molar-refractivity contribution in [2.75, 3.05) is 6.54 Å². The van der Waals surface area contributed by atoms with E-state index in [0.29, 0.717) is 15.3 Å². The van der Waals surface area contributed by atoms with Crippen LogP contribution in [0, 0.1) is 11.3 Å². The van der Waals surface area contributed by atoms with Crippen LogP contribution in [0.15, 0.2) is 36.4 Å². The summed E-state index contributed by atoms with van der Waals surface area (Å²) in [4.78, 5) is 12.8. The van der Waals surface area contributed by atoms with Crippen LogP contribution in [-0.2, 0) is 6.18 Å². The summed E-state index contributed by atoms with van der Waals surface area (Å²) in [6.07, 6.45) is -4.19. The molecular formula is C15H11F3N2OS. The minimum absolute atomic E-state index is 0.206. The molecule has 2 rings (SSSR count). The first-order valence-corrected chi connectivity index (χ1v) is 7.16. The van der Waals surface area contributed by atoms with Gasteiger partial charge in [-0.15, -0.1) is 11.3 Å². The van der Waals surface area contributed by atoms with Gasteiger partial charge in [-0.25, -0.2) is 0 Å². The Balaban J connectivity index is 2.18. The van der Waals surface area contributed by atoms with Crippen molar-refractivity contribution in [2.45, 2.75) is 12.6 Å². The molecule has 0 unspecified atom stereocenters. The summed E-state index contributed by atoms with van der Waals surface area (Å²) in [6, 6.07) is 10.0. The van der Waals surface area contributed by atoms with Gasteiger partial charge in [0.1, 0.15) is 0 Å². The summed E-state index contributed by atoms with van der Waals surface area (Å²) >= 11 is 1.11. The van der Waals surface area contributed by atoms with Crippen molar-refractivity contribution in [2.24, 2.45) is 0 Å². The Morgan fingerprint density at radius 1 is 1.27 bits per heavy atom. The third-order valence-electron chi connectivity index (χ3n) is 2.83. The quantitative estimate of drug-likeness (QED) is 0.862. The highest BCUT2D eigenvalue weighted by Gasteiger charge is 2.30. The van der Waals surface area contributed by atoms with Crippen LogP contribution in [0.3, 0.4) is 0 Å². The zero-order valence-corrected chi connectivity index (χ0v) is 12.1. The Labute approximate surface area is 129 Å². The first-order valence-electron chi connectivity index (χ1n) is 6.34. The molecule has 0 aliphatic carbocycles. The van der Waals surface area contributed by atoms with E-state index in [1.54, 1.807) is 18.2 Å². The van der Waals surface area contributed by atoms with E-state index in [4.69, 9.17) is 5.26 Å². The Morgan fingerprint density at radius 2 is 2.05 bits per heavy atom. The van der Waals surface area contributed by atoms with Gasteiger partial charge < -0.3 is 5.32 Å². The van der Waals surface area contributed by atoms with Crippen LogP contribution in [-0.4, -0.2) is 12.5 Å². The second kappa shape index (κ2) is 6.62. The van der Waals surface area contributed by atoms with Gasteiger partial charge in [-0.1, -0.05) is 12.1 Å². The molecule has 1 amide bonds. The van der Waals surface area contributed by atoms with Gasteiger partial charge in [0.25, 0.3) is 5.91 Å². The van der Waals surface area contributed by atoms with Crippen LogP contribution in [0.1, 0.15) is 21.7 Å². The van der Waals surface area contributed by atoms with Crippen LogP contribution < -0.4 is 5.32 Å². The SMILES string of the molecule is N#CCCNC(=O)c1ccc(-c2cccc(C(F)(F)F)c2)s1. The number of nitrogens with zero attached hydrogens (tertiary/aromatic N) is 1. The van der Waals surface area contributed by atoms with Crippen molar-refractivity contribution in [3.8, 4) is 16.5 Å². The first kappa shape index (κ1) is 16.0. The number of amides is 1. The number of halogens is 3. The van der Waals surface area contributed by atoms with Crippen molar-refractivity contribution in [1.82, 2.24) is 5.32 Å². The summed E-state index contributed by atoms with van der Waals surface area (Å²) in [7, 11) is 0. The lowest BCUT2D eigenvalue weighted by Crippen LogP contribution is -2.23. The first-order chi connectivity index (χ1) is 10.4. The van der Waals surface area contributed by atoms with Gasteiger partial charge in [0.2, 0.25) is 0 Å². The van der Waals surface area contributed by atoms with E-state index in [-0.39, 0.29) is 18.9 Å². The van der Waals surface area contributed by atoms with Crippen LogP contribution in [0.25, 0.3) is 10.4 Å². The topological polar surface area (TPSA) is 52.9 Å². The van der Waals surface area contributed by atoms with Gasteiger partial charge >= 0.3 is 6.18 Å². The molecule has 0 atom stereocenters. The largest absolute Gasteiger partial charge is 0.416 e. The van der Waals surface area contributed by atoms with E-state index in [9.17, 15) is 18.0 Å². The number of thiophene rings is 1. The fourth-order valence-electron chi connectivity index (χ4n) is 1.78. The molecule has 0 bridgehead atoms. The minimum atomic E-state index is -4.40. The summed E-state index contributed by atoms with van der Waals surface area (Å²) < 4.78 is 38.1. The minimum Gasteiger partial charge on any atom is -0.350 e. The van der Waals surface area contributed by atoms with E-state index < -0.39 is 11.7 Å². The van der Waals surface area contributed by atoms with Crippen molar-refractivity contribution < 1.29 is 18.0 Å². The predicted molar refractivity (Wildman–Crippen MR) is 77.3 cm³/mol. The Kier molecular flexibility index (Phi) is 4.83. The lowest BCUT2D eigenvalue weighted by Gasteiger charge is -2.07. The lowest BCUT2D eigenvalue weighted by molar-refractivity contribution is -0.137. The molecule has 0 radical (unpaired) electrons. The molecule has 0 aliphatic heterocycles. The van der Waals surface area contributed by atoms with Gasteiger partial charge in [0.05, 0.1) is 22.9 Å². The third kappa shape index (κ3) is 3.86. The highest BCUT2D eigenvalue weighted by Crippen LogP contribution is 2.34. The molecule has 1 heterocycles. The summed E-state index contributed by atoms with van der Waals surface area (Å²) in [5.74, 6) is -0.335. The summed E-state index contributed by atoms with van der Waals surface area (Å²) in [6.45, 7) is 0.242. The second-order valence-electron chi connectivity index (χ2n) is 4.41. The molecule has 1 aromatic carbocycles. The fourth-order valence-corrected chi connectivity index (χ4v) is 2.70. The van der Waals surface area contributed by atoms with E-state index in [0.717, 1.165) is 23.5 Å². The van der Waals surface area contributed by atoms with E-state index >= 15 is 0 Å². The highest BCUT2D eigenvalue weighted by atomic mass is 32.1. The predicted octanol–water partition coefficient (Wildman–Crippen LogP) is 4.08. The zero-order valence-electron chi connectivity index (χ0n) is 11.3. The molecule has 7 heteroatoms. The molecule has 0 aliphatic rings. The monoisotopic (exact) mass is 324 g/mol. The molecular weight excluding hydrogens is 313 g/mol. The molecule has 22 heavy (non-hydrogen) atoms. The Bertz CT molecular complexity index is 716. The third-order valence-corrected chi connectivity index (χ3v) is 3.96. The maximum atomic E-state index is 12.7. The van der Waals surface area contributed by atoms with Gasteiger partial charge in [0, 0.05) is 11.4 Å². The lowest BCUT2D eigenvalue weighted by atomic mass is 10.1. The van der Waals surface area contributed by atoms with E-state index in [1.165, 1.54) is 6.07 Å². The number of hydrogen-bond donors (Lipinski definition) is 1. The summed E-state index contributed by atoms with van der Waals surface area (Å²) in [5, 5.41) is 11.0. The van der Waals surface area contributed by atoms with E-state index in [2.05, 4.69) is 5.32 Å². The number of hydrogen-bond acceptors (Lipinski definition) is 3. The molecule has 2 aromatic rings. The van der Waals surface area contributed by atoms with Crippen LogP contribution >= 0.6 is 11.3 Å². The maximum Gasteiger partial charge on any atom is 0.416 e. The molecule has 114 valence electrons. The number of carbonyl (C=O) groups excluding carboxylic acids is 1. The second-order valence-corrected chi connectivity index (χ2v) is 5.49. The number of carbonyl (C=O) groups is 1. The molecule has 0 spiro atoms. The summed E-state index contributed by atoms with van der Waals surface area (Å²) in [5.41, 5.74) is -0.311. The molecule has 3 nitrogen and oxygen atoms in total. The Hall–Kier alpha value is -2.33. The average molecular weight is 324 g/mol. The van der Waals surface area contributed by atoms with Crippen molar-refractivity contribution >= 4 is 17.2 Å². The van der Waals surface area contributed by atoms with Crippen LogP contribution in [0.2, 0.25) is 0 Å². The molecule has 0 saturated carbocycles. The fraction of sp³-hybridized carbons (Fsp3) is 0.200. The van der Waals surface area contributed by atoms with Crippen LogP contribution in [0.5, 0.6) is 0 Å².